The average molecular weight is 487 g/mol. The van der Waals surface area contributed by atoms with E-state index in [0.29, 0.717) is 17.7 Å². The first-order valence-corrected chi connectivity index (χ1v) is 11.7. The molecule has 2 aromatic carbocycles. The molecule has 1 saturated carbocycles. The number of aliphatic carboxylic acids is 1. The lowest BCUT2D eigenvalue weighted by molar-refractivity contribution is -0.168. The molecule has 0 heterocycles. The Morgan fingerprint density at radius 1 is 1.09 bits per heavy atom. The molecule has 0 bridgehead atoms. The van der Waals surface area contributed by atoms with Crippen molar-refractivity contribution in [3.63, 3.8) is 0 Å². The number of alkyl halides is 2. The molecule has 1 fully saturated rings. The second-order valence-electron chi connectivity index (χ2n) is 9.09. The molecular formula is C26H28F2N2O5. The Hall–Kier alpha value is -3.49. The normalized spacial score (nSPS) is 16.6. The van der Waals surface area contributed by atoms with Crippen molar-refractivity contribution in [3.8, 4) is 11.1 Å². The van der Waals surface area contributed by atoms with Crippen molar-refractivity contribution in [2.45, 2.75) is 50.1 Å². The number of carbonyl (C=O) groups is 3. The molecule has 9 heteroatoms. The van der Waals surface area contributed by atoms with Crippen molar-refractivity contribution in [3.05, 3.63) is 59.7 Å². The highest BCUT2D eigenvalue weighted by atomic mass is 19.3. The van der Waals surface area contributed by atoms with Gasteiger partial charge in [0.05, 0.1) is 0 Å². The zero-order valence-corrected chi connectivity index (χ0v) is 19.5. The number of rotatable bonds is 9. The molecule has 2 atom stereocenters. The monoisotopic (exact) mass is 486 g/mol. The van der Waals surface area contributed by atoms with E-state index in [1.165, 1.54) is 6.92 Å². The van der Waals surface area contributed by atoms with Crippen LogP contribution in [0.1, 0.15) is 43.2 Å². The van der Waals surface area contributed by atoms with Gasteiger partial charge in [0.25, 0.3) is 5.91 Å². The Labute approximate surface area is 202 Å². The van der Waals surface area contributed by atoms with Crippen LogP contribution in [-0.4, -0.2) is 59.6 Å². The lowest BCUT2D eigenvalue weighted by Crippen LogP contribution is -2.59. The van der Waals surface area contributed by atoms with Crippen molar-refractivity contribution < 1.29 is 33.0 Å². The van der Waals surface area contributed by atoms with Crippen LogP contribution in [0.15, 0.2) is 48.5 Å². The van der Waals surface area contributed by atoms with E-state index in [-0.39, 0.29) is 18.9 Å². The number of ether oxygens (including phenoxy) is 1. The molecule has 0 aliphatic heterocycles. The highest BCUT2D eigenvalue weighted by Crippen LogP contribution is 2.45. The number of fused-ring (bicyclic) bond motifs is 3. The Morgan fingerprint density at radius 2 is 1.63 bits per heavy atom. The lowest BCUT2D eigenvalue weighted by Gasteiger charge is -2.32. The molecular weight excluding hydrogens is 458 g/mol. The van der Waals surface area contributed by atoms with Gasteiger partial charge in [-0.1, -0.05) is 55.5 Å². The van der Waals surface area contributed by atoms with Crippen LogP contribution in [0.4, 0.5) is 13.6 Å². The fourth-order valence-corrected chi connectivity index (χ4v) is 4.82. The van der Waals surface area contributed by atoms with Gasteiger partial charge in [-0.05, 0) is 47.4 Å². The first-order valence-electron chi connectivity index (χ1n) is 11.7. The molecule has 0 spiro atoms. The Morgan fingerprint density at radius 3 is 2.11 bits per heavy atom. The molecule has 2 aliphatic rings. The van der Waals surface area contributed by atoms with Gasteiger partial charge in [-0.2, -0.15) is 8.78 Å². The van der Waals surface area contributed by atoms with Crippen LogP contribution in [0.5, 0.6) is 0 Å². The van der Waals surface area contributed by atoms with Gasteiger partial charge in [0.1, 0.15) is 18.7 Å². The van der Waals surface area contributed by atoms with Crippen LogP contribution >= 0.6 is 0 Å². The van der Waals surface area contributed by atoms with Gasteiger partial charge in [-0.15, -0.1) is 0 Å². The molecule has 7 nitrogen and oxygen atoms in total. The van der Waals surface area contributed by atoms with Gasteiger partial charge < -0.3 is 20.1 Å². The van der Waals surface area contributed by atoms with Crippen molar-refractivity contribution >= 4 is 18.0 Å². The van der Waals surface area contributed by atoms with Crippen LogP contribution in [0.25, 0.3) is 11.1 Å². The Bertz CT molecular complexity index is 1090. The van der Waals surface area contributed by atoms with Gasteiger partial charge >= 0.3 is 18.0 Å². The summed E-state index contributed by atoms with van der Waals surface area (Å²) in [5.41, 5.74) is 4.05. The molecule has 4 rings (SSSR count). The summed E-state index contributed by atoms with van der Waals surface area (Å²) in [5, 5.41) is 11.5. The molecule has 35 heavy (non-hydrogen) atoms. The summed E-state index contributed by atoms with van der Waals surface area (Å²) >= 11 is 0. The number of likely N-dealkylation sites (N-methyl/N-ethyl adjacent to an activating group) is 1. The quantitative estimate of drug-likeness (QED) is 0.552. The summed E-state index contributed by atoms with van der Waals surface area (Å²) in [4.78, 5) is 37.1. The number of hydrogen-bond donors (Lipinski definition) is 2. The average Bonchev–Trinajstić information content (AvgIpc) is 3.63. The number of hydrogen-bond acceptors (Lipinski definition) is 4. The van der Waals surface area contributed by atoms with Gasteiger partial charge in [0.15, 0.2) is 0 Å². The van der Waals surface area contributed by atoms with E-state index in [0.717, 1.165) is 29.3 Å². The minimum atomic E-state index is -3.98. The number of alkyl carbamates (subject to hydrolysis) is 1. The highest BCUT2D eigenvalue weighted by molar-refractivity contribution is 5.89. The first-order chi connectivity index (χ1) is 16.7. The maximum absolute atomic E-state index is 15.2. The van der Waals surface area contributed by atoms with Crippen molar-refractivity contribution in [2.24, 2.45) is 5.92 Å². The minimum Gasteiger partial charge on any atom is -0.480 e. The number of benzene rings is 2. The zero-order chi connectivity index (χ0) is 25.3. The van der Waals surface area contributed by atoms with Crippen molar-refractivity contribution in [1.29, 1.82) is 0 Å². The third-order valence-corrected chi connectivity index (χ3v) is 6.85. The van der Waals surface area contributed by atoms with Gasteiger partial charge in [0.2, 0.25) is 0 Å². The van der Waals surface area contributed by atoms with E-state index in [1.807, 2.05) is 48.5 Å². The molecule has 0 radical (unpaired) electrons. The molecule has 2 amide bonds. The summed E-state index contributed by atoms with van der Waals surface area (Å²) in [6.45, 7) is 1.45. The van der Waals surface area contributed by atoms with Gasteiger partial charge in [0, 0.05) is 13.0 Å². The van der Waals surface area contributed by atoms with E-state index in [1.54, 1.807) is 0 Å². The maximum Gasteiger partial charge on any atom is 0.407 e. The first kappa shape index (κ1) is 24.6. The summed E-state index contributed by atoms with van der Waals surface area (Å²) in [7, 11) is 1.04. The highest BCUT2D eigenvalue weighted by Gasteiger charge is 2.56. The summed E-state index contributed by atoms with van der Waals surface area (Å²) in [5.74, 6) is -7.81. The molecule has 2 aliphatic carbocycles. The van der Waals surface area contributed by atoms with Crippen LogP contribution < -0.4 is 5.32 Å². The van der Waals surface area contributed by atoms with Crippen molar-refractivity contribution in [1.82, 2.24) is 10.2 Å². The van der Waals surface area contributed by atoms with E-state index >= 15 is 8.78 Å². The summed E-state index contributed by atoms with van der Waals surface area (Å²) in [6, 6.07) is 12.3. The fourth-order valence-electron chi connectivity index (χ4n) is 4.82. The molecule has 2 N–H and O–H groups in total. The molecule has 186 valence electrons. The number of carbonyl (C=O) groups excluding carboxylic acids is 2. The number of halogens is 2. The number of carboxylic acids is 1. The third-order valence-electron chi connectivity index (χ3n) is 6.85. The SMILES string of the molecule is CCC(C(=O)O)N(C)C(=O)C(F)(F)C(NC(=O)OCC1c2ccccc2-c2ccccc21)C1CC1. The van der Waals surface area contributed by atoms with Crippen LogP contribution in [0.2, 0.25) is 0 Å². The zero-order valence-electron chi connectivity index (χ0n) is 19.5. The number of amides is 2. The third kappa shape index (κ3) is 4.72. The van der Waals surface area contributed by atoms with Gasteiger partial charge in [-0.3, -0.25) is 4.79 Å². The smallest absolute Gasteiger partial charge is 0.407 e. The van der Waals surface area contributed by atoms with Crippen LogP contribution in [-0.2, 0) is 14.3 Å². The number of carboxylic acid groups (broad SMARTS) is 1. The van der Waals surface area contributed by atoms with E-state index < -0.39 is 41.9 Å². The molecule has 2 unspecified atom stereocenters. The van der Waals surface area contributed by atoms with Crippen LogP contribution in [0.3, 0.4) is 0 Å². The number of nitrogens with one attached hydrogen (secondary N) is 1. The lowest BCUT2D eigenvalue weighted by atomic mass is 9.98. The fraction of sp³-hybridized carbons (Fsp3) is 0.423. The minimum absolute atomic E-state index is 0.0262. The Balaban J connectivity index is 1.46. The predicted octanol–water partition coefficient (Wildman–Crippen LogP) is 4.26. The van der Waals surface area contributed by atoms with E-state index in [4.69, 9.17) is 4.74 Å². The topological polar surface area (TPSA) is 95.9 Å². The molecule has 0 saturated heterocycles. The summed E-state index contributed by atoms with van der Waals surface area (Å²) < 4.78 is 35.8. The molecule has 2 aromatic rings. The second-order valence-corrected chi connectivity index (χ2v) is 9.09. The van der Waals surface area contributed by atoms with Gasteiger partial charge in [-0.25, -0.2) is 9.59 Å². The largest absolute Gasteiger partial charge is 0.480 e. The summed E-state index contributed by atoms with van der Waals surface area (Å²) in [6.07, 6.45) is -0.209. The predicted molar refractivity (Wildman–Crippen MR) is 124 cm³/mol. The molecule has 0 aromatic heterocycles. The van der Waals surface area contributed by atoms with Crippen molar-refractivity contribution in [2.75, 3.05) is 13.7 Å². The number of nitrogens with zero attached hydrogens (tertiary/aromatic N) is 1. The van der Waals surface area contributed by atoms with E-state index in [2.05, 4.69) is 5.32 Å². The Kier molecular flexibility index (Phi) is 6.78. The van der Waals surface area contributed by atoms with E-state index in [9.17, 15) is 19.5 Å². The second kappa shape index (κ2) is 9.64. The van der Waals surface area contributed by atoms with Crippen LogP contribution in [0, 0.1) is 5.92 Å². The standard InChI is InChI=1S/C26H28F2N2O5/c1-3-21(23(31)32)30(2)24(33)26(27,28)22(15-12-13-15)29-25(34)35-14-20-18-10-6-4-8-16(18)17-9-5-7-11-19(17)20/h4-11,15,20-22H,3,12-14H2,1-2H3,(H,29,34)(H,31,32). The maximum atomic E-state index is 15.2.